The molecule has 0 atom stereocenters. The van der Waals surface area contributed by atoms with Gasteiger partial charge < -0.3 is 10.6 Å². The predicted octanol–water partition coefficient (Wildman–Crippen LogP) is -1.28. The van der Waals surface area contributed by atoms with Gasteiger partial charge in [0.2, 0.25) is 0 Å². The zero-order valence-electron chi connectivity index (χ0n) is 6.78. The molecule has 0 aliphatic rings. The predicted molar refractivity (Wildman–Crippen MR) is 43.1 cm³/mol. The van der Waals surface area contributed by atoms with E-state index < -0.39 is 0 Å². The first-order valence-electron chi connectivity index (χ1n) is 3.11. The fraction of sp³-hybridized carbons (Fsp3) is 0.143. The van der Waals surface area contributed by atoms with Gasteiger partial charge in [0, 0.05) is 5.69 Å². The van der Waals surface area contributed by atoms with Crippen molar-refractivity contribution in [1.29, 1.82) is 0 Å². The van der Waals surface area contributed by atoms with Crippen LogP contribution in [0.1, 0.15) is 0 Å². The summed E-state index contributed by atoms with van der Waals surface area (Å²) in [5.41, 5.74) is 10.0. The second-order valence-corrected chi connectivity index (χ2v) is 1.98. The van der Waals surface area contributed by atoms with E-state index in [9.17, 15) is 0 Å². The van der Waals surface area contributed by atoms with Crippen molar-refractivity contribution in [3.63, 3.8) is 0 Å². The van der Waals surface area contributed by atoms with Crippen molar-refractivity contribution in [2.75, 3.05) is 0 Å². The van der Waals surface area contributed by atoms with Crippen LogP contribution in [0.5, 0.6) is 0 Å². The van der Waals surface area contributed by atoms with E-state index in [1.54, 1.807) is 12.1 Å². The summed E-state index contributed by atoms with van der Waals surface area (Å²) >= 11 is 0. The Kier molecular flexibility index (Phi) is 6.37. The molecule has 0 saturated heterocycles. The first-order chi connectivity index (χ1) is 4.86. The maximum absolute atomic E-state index is 8.32. The Morgan fingerprint density at radius 2 is 1.82 bits per heavy atom. The molecule has 4 heteroatoms. The Bertz CT molecular complexity index is 222. The van der Waals surface area contributed by atoms with Crippen molar-refractivity contribution in [3.8, 4) is 0 Å². The van der Waals surface area contributed by atoms with E-state index >= 15 is 0 Å². The molecule has 1 aromatic rings. The maximum Gasteiger partial charge on any atom is 1.00 e. The van der Waals surface area contributed by atoms with Gasteiger partial charge >= 0.3 is 51.4 Å². The third-order valence-corrected chi connectivity index (χ3v) is 1.34. The van der Waals surface area contributed by atoms with E-state index in [0.29, 0.717) is 5.69 Å². The van der Waals surface area contributed by atoms with Crippen LogP contribution in [0.15, 0.2) is 29.4 Å². The Morgan fingerprint density at radius 3 is 2.18 bits per heavy atom. The van der Waals surface area contributed by atoms with Gasteiger partial charge in [0.15, 0.2) is 0 Å². The van der Waals surface area contributed by atoms with Crippen LogP contribution in [0.25, 0.3) is 5.53 Å². The molecule has 0 unspecified atom stereocenters. The number of hydrogen-bond donors (Lipinski definition) is 0. The third-order valence-electron chi connectivity index (χ3n) is 1.34. The molecule has 0 spiro atoms. The largest absolute Gasteiger partial charge is 1.00 e. The molecular formula is C7H7BKN2. The van der Waals surface area contributed by atoms with Gasteiger partial charge in [-0.1, -0.05) is 24.4 Å². The summed E-state index contributed by atoms with van der Waals surface area (Å²) in [4.78, 5) is 0. The topological polar surface area (TPSA) is 34.7 Å². The van der Waals surface area contributed by atoms with Crippen LogP contribution >= 0.6 is 0 Å². The Hall–Kier alpha value is 0.521. The first-order valence-corrected chi connectivity index (χ1v) is 3.11. The van der Waals surface area contributed by atoms with E-state index in [2.05, 4.69) is 5.11 Å². The molecular weight excluding hydrogens is 162 g/mol. The number of benzene rings is 1. The van der Waals surface area contributed by atoms with Crippen molar-refractivity contribution in [2.24, 2.45) is 5.11 Å². The number of rotatable bonds is 2. The molecule has 1 radical (unpaired) electrons. The molecule has 0 fully saturated rings. The van der Waals surface area contributed by atoms with E-state index in [-0.39, 0.29) is 51.4 Å². The molecule has 0 bridgehead atoms. The van der Waals surface area contributed by atoms with Crippen LogP contribution in [0.2, 0.25) is 6.82 Å². The molecule has 0 N–H and O–H groups in total. The summed E-state index contributed by atoms with van der Waals surface area (Å²) in [7, 11) is 1.99. The second-order valence-electron chi connectivity index (χ2n) is 1.98. The third kappa shape index (κ3) is 3.62. The SMILES string of the molecule is C[B]c1ccc(N=[N-])cc1.[K+]. The minimum Gasteiger partial charge on any atom is -0.706 e. The molecule has 0 amide bonds. The second kappa shape index (κ2) is 6.08. The summed E-state index contributed by atoms with van der Waals surface area (Å²) in [6.45, 7) is 1.96. The van der Waals surface area contributed by atoms with Crippen LogP contribution in [-0.4, -0.2) is 7.28 Å². The average Bonchev–Trinajstić information content (AvgIpc) is 2.05. The van der Waals surface area contributed by atoms with Crippen molar-refractivity contribution in [1.82, 2.24) is 0 Å². The van der Waals surface area contributed by atoms with Gasteiger partial charge in [0.25, 0.3) is 0 Å². The molecule has 1 rings (SSSR count). The van der Waals surface area contributed by atoms with Crippen molar-refractivity contribution < 1.29 is 51.4 Å². The molecule has 1 aromatic carbocycles. The Balaban J connectivity index is 0.000001000. The summed E-state index contributed by atoms with van der Waals surface area (Å²) < 4.78 is 0. The minimum absolute atomic E-state index is 0. The minimum atomic E-state index is 0. The van der Waals surface area contributed by atoms with Crippen molar-refractivity contribution >= 4 is 18.4 Å². The van der Waals surface area contributed by atoms with Crippen LogP contribution in [-0.2, 0) is 0 Å². The summed E-state index contributed by atoms with van der Waals surface area (Å²) in [6, 6.07) is 7.31. The van der Waals surface area contributed by atoms with Gasteiger partial charge in [0.05, 0.1) is 0 Å². The van der Waals surface area contributed by atoms with Crippen molar-refractivity contribution in [2.45, 2.75) is 6.82 Å². The Morgan fingerprint density at radius 1 is 1.27 bits per heavy atom. The quantitative estimate of drug-likeness (QED) is 0.390. The summed E-state index contributed by atoms with van der Waals surface area (Å²) in [5, 5.41) is 3.03. The van der Waals surface area contributed by atoms with E-state index in [1.807, 2.05) is 26.2 Å². The van der Waals surface area contributed by atoms with Crippen LogP contribution in [0.3, 0.4) is 0 Å². The first kappa shape index (κ1) is 11.5. The molecule has 0 heterocycles. The van der Waals surface area contributed by atoms with Crippen LogP contribution in [0.4, 0.5) is 5.69 Å². The molecule has 49 valence electrons. The zero-order chi connectivity index (χ0) is 7.40. The van der Waals surface area contributed by atoms with E-state index in [4.69, 9.17) is 5.53 Å². The fourth-order valence-electron chi connectivity index (χ4n) is 0.733. The monoisotopic (exact) mass is 169 g/mol. The van der Waals surface area contributed by atoms with Gasteiger partial charge in [-0.2, -0.15) is 0 Å². The number of hydrogen-bond acceptors (Lipinski definition) is 1. The molecule has 11 heavy (non-hydrogen) atoms. The normalized spacial score (nSPS) is 8.09. The molecule has 0 saturated carbocycles. The zero-order valence-corrected chi connectivity index (χ0v) is 9.90. The number of nitrogens with zero attached hydrogens (tertiary/aromatic N) is 2. The smallest absolute Gasteiger partial charge is 0.706 e. The van der Waals surface area contributed by atoms with E-state index in [1.165, 1.54) is 0 Å². The summed E-state index contributed by atoms with van der Waals surface area (Å²) in [5.74, 6) is 0. The molecule has 0 aromatic heterocycles. The fourth-order valence-corrected chi connectivity index (χ4v) is 0.733. The average molecular weight is 169 g/mol. The summed E-state index contributed by atoms with van der Waals surface area (Å²) in [6.07, 6.45) is 0. The molecule has 0 aliphatic carbocycles. The molecule has 0 aliphatic heterocycles. The Labute approximate surface area is 110 Å². The van der Waals surface area contributed by atoms with Gasteiger partial charge in [-0.15, -0.1) is 0 Å². The van der Waals surface area contributed by atoms with Crippen LogP contribution in [0, 0.1) is 0 Å². The van der Waals surface area contributed by atoms with Gasteiger partial charge in [-0.3, -0.25) is 0 Å². The van der Waals surface area contributed by atoms with Gasteiger partial charge in [0.1, 0.15) is 7.28 Å². The molecule has 2 nitrogen and oxygen atoms in total. The standard InChI is InChI=1S/C7H7BN2.K/c1-8-6-2-4-7(10-9)5-3-6;/h2-5H,1H3;/q-1;+1. The van der Waals surface area contributed by atoms with Crippen molar-refractivity contribution in [3.05, 3.63) is 29.8 Å². The van der Waals surface area contributed by atoms with Crippen LogP contribution < -0.4 is 56.8 Å². The van der Waals surface area contributed by atoms with E-state index in [0.717, 1.165) is 5.46 Å². The van der Waals surface area contributed by atoms with Gasteiger partial charge in [-0.05, 0) is 12.1 Å². The maximum atomic E-state index is 8.32. The van der Waals surface area contributed by atoms with Gasteiger partial charge in [-0.25, -0.2) is 0 Å².